The van der Waals surface area contributed by atoms with Crippen LogP contribution in [0.15, 0.2) is 0 Å². The number of rotatable bonds is 5. The molecule has 0 unspecified atom stereocenters. The van der Waals surface area contributed by atoms with Crippen molar-refractivity contribution in [3.05, 3.63) is 0 Å². The smallest absolute Gasteiger partial charge is 0.233 e. The zero-order valence-electron chi connectivity index (χ0n) is 7.98. The maximum Gasteiger partial charge on any atom is 0.233 e. The van der Waals surface area contributed by atoms with Gasteiger partial charge in [0.15, 0.2) is 0 Å². The van der Waals surface area contributed by atoms with Crippen LogP contribution in [0.2, 0.25) is 0 Å². The molecular formula is C8H18N2O2. The lowest BCUT2D eigenvalue weighted by atomic mass is 10.1. The van der Waals surface area contributed by atoms with E-state index in [2.05, 4.69) is 10.6 Å². The molecule has 0 aromatic heterocycles. The Hall–Kier alpha value is -0.610. The summed E-state index contributed by atoms with van der Waals surface area (Å²) in [5.41, 5.74) is -0.757. The molecule has 0 aromatic rings. The molecule has 0 atom stereocenters. The van der Waals surface area contributed by atoms with Gasteiger partial charge in [-0.1, -0.05) is 0 Å². The number of carbonyl (C=O) groups is 1. The maximum atomic E-state index is 10.9. The molecule has 1 amide bonds. The Morgan fingerprint density at radius 1 is 1.50 bits per heavy atom. The first-order chi connectivity index (χ1) is 5.45. The van der Waals surface area contributed by atoms with Gasteiger partial charge in [0.2, 0.25) is 5.91 Å². The third kappa shape index (κ3) is 7.50. The van der Waals surface area contributed by atoms with E-state index in [0.717, 1.165) is 0 Å². The quantitative estimate of drug-likeness (QED) is 0.526. The van der Waals surface area contributed by atoms with Crippen molar-refractivity contribution < 1.29 is 9.90 Å². The van der Waals surface area contributed by atoms with E-state index in [9.17, 15) is 9.90 Å². The number of aliphatic hydroxyl groups is 1. The summed E-state index contributed by atoms with van der Waals surface area (Å²) in [6.45, 7) is 6.58. The molecule has 3 N–H and O–H groups in total. The average molecular weight is 174 g/mol. The summed E-state index contributed by atoms with van der Waals surface area (Å²) in [5.74, 6) is -0.0400. The summed E-state index contributed by atoms with van der Waals surface area (Å²) in [6, 6.07) is 0. The highest BCUT2D eigenvalue weighted by Crippen LogP contribution is 1.96. The molecule has 4 heteroatoms. The van der Waals surface area contributed by atoms with Gasteiger partial charge in [-0.15, -0.1) is 0 Å². The van der Waals surface area contributed by atoms with E-state index in [0.29, 0.717) is 13.1 Å². The first-order valence-corrected chi connectivity index (χ1v) is 4.15. The minimum Gasteiger partial charge on any atom is -0.389 e. The first-order valence-electron chi connectivity index (χ1n) is 4.15. The summed E-state index contributed by atoms with van der Waals surface area (Å²) in [6.07, 6.45) is 0. The number of likely N-dealkylation sites (N-methyl/N-ethyl adjacent to an activating group) is 1. The highest BCUT2D eigenvalue weighted by atomic mass is 16.3. The average Bonchev–Trinajstić information content (AvgIpc) is 1.84. The topological polar surface area (TPSA) is 61.4 Å². The van der Waals surface area contributed by atoms with Crippen molar-refractivity contribution >= 4 is 5.91 Å². The second kappa shape index (κ2) is 5.11. The van der Waals surface area contributed by atoms with E-state index in [1.54, 1.807) is 13.8 Å². The summed E-state index contributed by atoms with van der Waals surface area (Å²) >= 11 is 0. The lowest BCUT2D eigenvalue weighted by Gasteiger charge is -2.17. The molecular weight excluding hydrogens is 156 g/mol. The molecule has 0 saturated heterocycles. The molecule has 72 valence electrons. The Morgan fingerprint density at radius 2 is 2.08 bits per heavy atom. The Balaban J connectivity index is 3.37. The van der Waals surface area contributed by atoms with Crippen molar-refractivity contribution in [3.63, 3.8) is 0 Å². The summed E-state index contributed by atoms with van der Waals surface area (Å²) < 4.78 is 0. The molecule has 0 aliphatic heterocycles. The maximum absolute atomic E-state index is 10.9. The molecule has 4 nitrogen and oxygen atoms in total. The molecule has 0 spiro atoms. The van der Waals surface area contributed by atoms with Gasteiger partial charge in [-0.05, 0) is 20.8 Å². The number of nitrogens with one attached hydrogen (secondary N) is 2. The van der Waals surface area contributed by atoms with Crippen molar-refractivity contribution in [1.29, 1.82) is 0 Å². The molecule has 12 heavy (non-hydrogen) atoms. The molecule has 0 saturated carbocycles. The van der Waals surface area contributed by atoms with E-state index in [-0.39, 0.29) is 12.5 Å². The fourth-order valence-electron chi connectivity index (χ4n) is 0.742. The highest BCUT2D eigenvalue weighted by Gasteiger charge is 2.11. The van der Waals surface area contributed by atoms with Crippen molar-refractivity contribution in [2.45, 2.75) is 26.4 Å². The minimum absolute atomic E-state index is 0.0400. The predicted molar refractivity (Wildman–Crippen MR) is 47.9 cm³/mol. The van der Waals surface area contributed by atoms with Crippen LogP contribution >= 0.6 is 0 Å². The van der Waals surface area contributed by atoms with Crippen LogP contribution in [0.25, 0.3) is 0 Å². The van der Waals surface area contributed by atoms with E-state index in [1.807, 2.05) is 6.92 Å². The number of amides is 1. The van der Waals surface area contributed by atoms with Crippen molar-refractivity contribution in [3.8, 4) is 0 Å². The molecule has 0 aromatic carbocycles. The lowest BCUT2D eigenvalue weighted by molar-refractivity contribution is -0.120. The van der Waals surface area contributed by atoms with Crippen LogP contribution in [0.4, 0.5) is 0 Å². The van der Waals surface area contributed by atoms with Gasteiger partial charge < -0.3 is 15.7 Å². The monoisotopic (exact) mass is 174 g/mol. The first kappa shape index (κ1) is 11.4. The number of carbonyl (C=O) groups excluding carboxylic acids is 1. The highest BCUT2D eigenvalue weighted by molar-refractivity contribution is 5.77. The zero-order valence-corrected chi connectivity index (χ0v) is 7.98. The Labute approximate surface area is 73.3 Å². The summed E-state index contributed by atoms with van der Waals surface area (Å²) in [7, 11) is 0. The van der Waals surface area contributed by atoms with E-state index >= 15 is 0 Å². The fourth-order valence-corrected chi connectivity index (χ4v) is 0.742. The SMILES string of the molecule is CCNC(=O)CNCC(C)(C)O. The van der Waals surface area contributed by atoms with E-state index < -0.39 is 5.60 Å². The molecule has 0 bridgehead atoms. The van der Waals surface area contributed by atoms with Crippen LogP contribution in [0, 0.1) is 0 Å². The Bertz CT molecular complexity index is 140. The van der Waals surface area contributed by atoms with Crippen molar-refractivity contribution in [2.24, 2.45) is 0 Å². The Morgan fingerprint density at radius 3 is 2.50 bits per heavy atom. The summed E-state index contributed by atoms with van der Waals surface area (Å²) in [5, 5.41) is 14.8. The molecule has 0 aliphatic carbocycles. The van der Waals surface area contributed by atoms with E-state index in [4.69, 9.17) is 0 Å². The summed E-state index contributed by atoms with van der Waals surface area (Å²) in [4.78, 5) is 10.9. The van der Waals surface area contributed by atoms with Gasteiger partial charge in [-0.2, -0.15) is 0 Å². The Kier molecular flexibility index (Phi) is 4.85. The van der Waals surface area contributed by atoms with Crippen molar-refractivity contribution in [1.82, 2.24) is 10.6 Å². The van der Waals surface area contributed by atoms with Gasteiger partial charge >= 0.3 is 0 Å². The normalized spacial score (nSPS) is 11.3. The van der Waals surface area contributed by atoms with Gasteiger partial charge in [0, 0.05) is 13.1 Å². The van der Waals surface area contributed by atoms with Gasteiger partial charge in [0.1, 0.15) is 0 Å². The van der Waals surface area contributed by atoms with Gasteiger partial charge in [-0.25, -0.2) is 0 Å². The zero-order chi connectivity index (χ0) is 9.61. The molecule has 0 rings (SSSR count). The largest absolute Gasteiger partial charge is 0.389 e. The minimum atomic E-state index is -0.757. The van der Waals surface area contributed by atoms with E-state index in [1.165, 1.54) is 0 Å². The van der Waals surface area contributed by atoms with Crippen LogP contribution in [0.3, 0.4) is 0 Å². The molecule has 0 fully saturated rings. The van der Waals surface area contributed by atoms with Crippen LogP contribution in [0.5, 0.6) is 0 Å². The second-order valence-electron chi connectivity index (χ2n) is 3.37. The van der Waals surface area contributed by atoms with Crippen LogP contribution in [-0.4, -0.2) is 36.2 Å². The standard InChI is InChI=1S/C8H18N2O2/c1-4-10-7(11)5-9-6-8(2,3)12/h9,12H,4-6H2,1-3H3,(H,10,11). The lowest BCUT2D eigenvalue weighted by Crippen LogP contribution is -2.40. The molecule has 0 radical (unpaired) electrons. The molecule has 0 heterocycles. The van der Waals surface area contributed by atoms with Crippen LogP contribution in [0.1, 0.15) is 20.8 Å². The third-order valence-corrected chi connectivity index (χ3v) is 1.22. The predicted octanol–water partition coefficient (Wildman–Crippen LogP) is -0.517. The van der Waals surface area contributed by atoms with Gasteiger partial charge in [0.05, 0.1) is 12.1 Å². The van der Waals surface area contributed by atoms with Crippen molar-refractivity contribution in [2.75, 3.05) is 19.6 Å². The third-order valence-electron chi connectivity index (χ3n) is 1.22. The second-order valence-corrected chi connectivity index (χ2v) is 3.37. The number of hydrogen-bond donors (Lipinski definition) is 3. The fraction of sp³-hybridized carbons (Fsp3) is 0.875. The van der Waals surface area contributed by atoms with Crippen LogP contribution in [-0.2, 0) is 4.79 Å². The van der Waals surface area contributed by atoms with Gasteiger partial charge in [-0.3, -0.25) is 4.79 Å². The molecule has 0 aliphatic rings. The van der Waals surface area contributed by atoms with Crippen LogP contribution < -0.4 is 10.6 Å². The van der Waals surface area contributed by atoms with Gasteiger partial charge in [0.25, 0.3) is 0 Å². The number of hydrogen-bond acceptors (Lipinski definition) is 3.